The van der Waals surface area contributed by atoms with Gasteiger partial charge in [-0.15, -0.1) is 0 Å². The van der Waals surface area contributed by atoms with Crippen LogP contribution in [-0.4, -0.2) is 30.9 Å². The Balaban J connectivity index is 1.24. The number of likely N-dealkylation sites (tertiary alicyclic amines) is 1. The van der Waals surface area contributed by atoms with Gasteiger partial charge in [-0.05, 0) is 36.1 Å². The fourth-order valence-electron chi connectivity index (χ4n) is 4.88. The quantitative estimate of drug-likeness (QED) is 0.723. The van der Waals surface area contributed by atoms with E-state index in [0.717, 1.165) is 50.6 Å². The molecule has 152 valence electrons. The molecule has 0 aliphatic carbocycles. The number of benzene rings is 2. The molecule has 2 unspecified atom stereocenters. The van der Waals surface area contributed by atoms with Crippen molar-refractivity contribution in [3.63, 3.8) is 0 Å². The Morgan fingerprint density at radius 3 is 2.59 bits per heavy atom. The average Bonchev–Trinajstić information content (AvgIpc) is 3.30. The van der Waals surface area contributed by atoms with Crippen LogP contribution in [0.25, 0.3) is 0 Å². The second kappa shape index (κ2) is 8.21. The molecular weight excluding hydrogens is 362 g/mol. The fourth-order valence-corrected chi connectivity index (χ4v) is 4.88. The third kappa shape index (κ3) is 4.05. The molecule has 4 nitrogen and oxygen atoms in total. The molecule has 0 aromatic heterocycles. The standard InChI is InChI=1S/C25H29NO3/c1-18-22-16-26(15-19-7-3-2-4-8-19)17-23(22)25(28-18)20-10-12-21(13-11-20)29-24-9-5-6-14-27-24/h2-4,7-8,10-13,22-25H,1,5-6,9,14-17H2/t22-,23-,24?,25?/m1/s1. The molecule has 2 aromatic rings. The molecule has 3 aliphatic heterocycles. The Morgan fingerprint density at radius 2 is 1.83 bits per heavy atom. The van der Waals surface area contributed by atoms with Crippen molar-refractivity contribution in [2.75, 3.05) is 19.7 Å². The van der Waals surface area contributed by atoms with Crippen molar-refractivity contribution in [1.29, 1.82) is 0 Å². The summed E-state index contributed by atoms with van der Waals surface area (Å²) in [5.41, 5.74) is 2.57. The number of ether oxygens (including phenoxy) is 3. The minimum Gasteiger partial charge on any atom is -0.490 e. The van der Waals surface area contributed by atoms with Crippen LogP contribution in [0.1, 0.15) is 36.5 Å². The van der Waals surface area contributed by atoms with E-state index in [2.05, 4.69) is 53.9 Å². The van der Waals surface area contributed by atoms with Crippen molar-refractivity contribution >= 4 is 0 Å². The van der Waals surface area contributed by atoms with Crippen LogP contribution in [-0.2, 0) is 16.0 Å². The maximum atomic E-state index is 6.22. The smallest absolute Gasteiger partial charge is 0.199 e. The summed E-state index contributed by atoms with van der Waals surface area (Å²) < 4.78 is 17.9. The van der Waals surface area contributed by atoms with Crippen molar-refractivity contribution < 1.29 is 14.2 Å². The number of hydrogen-bond acceptors (Lipinski definition) is 4. The molecule has 3 saturated heterocycles. The highest BCUT2D eigenvalue weighted by Gasteiger charge is 2.47. The molecule has 0 bridgehead atoms. The highest BCUT2D eigenvalue weighted by molar-refractivity contribution is 5.31. The first-order valence-corrected chi connectivity index (χ1v) is 10.8. The molecule has 29 heavy (non-hydrogen) atoms. The summed E-state index contributed by atoms with van der Waals surface area (Å²) in [6.07, 6.45) is 3.24. The summed E-state index contributed by atoms with van der Waals surface area (Å²) in [7, 11) is 0. The van der Waals surface area contributed by atoms with E-state index in [0.29, 0.717) is 11.8 Å². The zero-order valence-electron chi connectivity index (χ0n) is 16.8. The van der Waals surface area contributed by atoms with Gasteiger partial charge in [0.1, 0.15) is 11.9 Å². The SMILES string of the molecule is C=C1OC(c2ccc(OC3CCCCO3)cc2)[C@@H]2CN(Cc3ccccc3)C[C@H]12. The Morgan fingerprint density at radius 1 is 1.00 bits per heavy atom. The maximum Gasteiger partial charge on any atom is 0.199 e. The van der Waals surface area contributed by atoms with Gasteiger partial charge in [-0.2, -0.15) is 0 Å². The zero-order valence-corrected chi connectivity index (χ0v) is 16.8. The lowest BCUT2D eigenvalue weighted by atomic mass is 9.89. The average molecular weight is 392 g/mol. The van der Waals surface area contributed by atoms with Gasteiger partial charge in [-0.1, -0.05) is 49.0 Å². The minimum atomic E-state index is -0.108. The van der Waals surface area contributed by atoms with Crippen molar-refractivity contribution in [1.82, 2.24) is 4.90 Å². The molecule has 3 fully saturated rings. The summed E-state index contributed by atoms with van der Waals surface area (Å²) in [6, 6.07) is 19.1. The van der Waals surface area contributed by atoms with Gasteiger partial charge in [0.25, 0.3) is 0 Å². The first-order valence-electron chi connectivity index (χ1n) is 10.8. The predicted molar refractivity (Wildman–Crippen MR) is 112 cm³/mol. The maximum absolute atomic E-state index is 6.22. The van der Waals surface area contributed by atoms with Crippen molar-refractivity contribution in [3.8, 4) is 5.75 Å². The molecular formula is C25H29NO3. The van der Waals surface area contributed by atoms with Crippen LogP contribution in [0.5, 0.6) is 5.75 Å². The van der Waals surface area contributed by atoms with Gasteiger partial charge >= 0.3 is 0 Å². The van der Waals surface area contributed by atoms with Gasteiger partial charge in [0, 0.05) is 37.9 Å². The first-order chi connectivity index (χ1) is 14.3. The van der Waals surface area contributed by atoms with E-state index in [4.69, 9.17) is 14.2 Å². The summed E-state index contributed by atoms with van der Waals surface area (Å²) in [5.74, 6) is 2.67. The highest BCUT2D eigenvalue weighted by atomic mass is 16.7. The first kappa shape index (κ1) is 18.7. The molecule has 2 aromatic carbocycles. The monoisotopic (exact) mass is 391 g/mol. The van der Waals surface area contributed by atoms with Crippen LogP contribution >= 0.6 is 0 Å². The van der Waals surface area contributed by atoms with E-state index in [1.54, 1.807) is 0 Å². The van der Waals surface area contributed by atoms with Crippen LogP contribution in [0, 0.1) is 11.8 Å². The summed E-state index contributed by atoms with van der Waals surface area (Å²) in [5, 5.41) is 0. The Hall–Kier alpha value is -2.30. The molecule has 4 heteroatoms. The van der Waals surface area contributed by atoms with Crippen molar-refractivity contribution in [3.05, 3.63) is 78.1 Å². The Labute approximate surface area is 173 Å². The second-order valence-corrected chi connectivity index (χ2v) is 8.44. The third-order valence-electron chi connectivity index (χ3n) is 6.38. The summed E-state index contributed by atoms with van der Waals surface area (Å²) >= 11 is 0. The van der Waals surface area contributed by atoms with E-state index in [1.165, 1.54) is 17.5 Å². The van der Waals surface area contributed by atoms with Crippen molar-refractivity contribution in [2.45, 2.75) is 38.2 Å². The lowest BCUT2D eigenvalue weighted by molar-refractivity contribution is -0.105. The van der Waals surface area contributed by atoms with Crippen LogP contribution < -0.4 is 4.74 Å². The fraction of sp³-hybridized carbons (Fsp3) is 0.440. The molecule has 0 N–H and O–H groups in total. The Kier molecular flexibility index (Phi) is 5.30. The third-order valence-corrected chi connectivity index (χ3v) is 6.38. The zero-order chi connectivity index (χ0) is 19.6. The molecule has 4 atom stereocenters. The molecule has 3 heterocycles. The number of fused-ring (bicyclic) bond motifs is 1. The summed E-state index contributed by atoms with van der Waals surface area (Å²) in [4.78, 5) is 2.53. The number of rotatable bonds is 5. The van der Waals surface area contributed by atoms with Gasteiger partial charge in [-0.3, -0.25) is 4.90 Å². The van der Waals surface area contributed by atoms with Gasteiger partial charge in [-0.25, -0.2) is 0 Å². The van der Waals surface area contributed by atoms with Crippen LogP contribution in [0.4, 0.5) is 0 Å². The topological polar surface area (TPSA) is 30.9 Å². The molecule has 0 spiro atoms. The normalized spacial score (nSPS) is 29.4. The van der Waals surface area contributed by atoms with Crippen LogP contribution in [0.15, 0.2) is 66.9 Å². The molecule has 0 saturated carbocycles. The molecule has 0 amide bonds. The van der Waals surface area contributed by atoms with E-state index in [9.17, 15) is 0 Å². The van der Waals surface area contributed by atoms with Crippen LogP contribution in [0.2, 0.25) is 0 Å². The van der Waals surface area contributed by atoms with E-state index in [-0.39, 0.29) is 12.4 Å². The van der Waals surface area contributed by atoms with E-state index >= 15 is 0 Å². The van der Waals surface area contributed by atoms with Gasteiger partial charge < -0.3 is 14.2 Å². The van der Waals surface area contributed by atoms with Gasteiger partial charge in [0.2, 0.25) is 0 Å². The lowest BCUT2D eigenvalue weighted by Crippen LogP contribution is -2.25. The lowest BCUT2D eigenvalue weighted by Gasteiger charge is -2.24. The van der Waals surface area contributed by atoms with Crippen LogP contribution in [0.3, 0.4) is 0 Å². The van der Waals surface area contributed by atoms with Gasteiger partial charge in [0.15, 0.2) is 6.29 Å². The van der Waals surface area contributed by atoms with E-state index in [1.807, 2.05) is 12.1 Å². The number of nitrogens with zero attached hydrogens (tertiary/aromatic N) is 1. The molecule has 5 rings (SSSR count). The van der Waals surface area contributed by atoms with Crippen molar-refractivity contribution in [2.24, 2.45) is 11.8 Å². The minimum absolute atomic E-state index is 0.0771. The second-order valence-electron chi connectivity index (χ2n) is 8.44. The highest BCUT2D eigenvalue weighted by Crippen LogP contribution is 2.48. The predicted octanol–water partition coefficient (Wildman–Crippen LogP) is 4.93. The largest absolute Gasteiger partial charge is 0.490 e. The molecule has 3 aliphatic rings. The number of hydrogen-bond donors (Lipinski definition) is 0. The van der Waals surface area contributed by atoms with Gasteiger partial charge in [0.05, 0.1) is 12.4 Å². The Bertz CT molecular complexity index is 829. The van der Waals surface area contributed by atoms with E-state index < -0.39 is 0 Å². The summed E-state index contributed by atoms with van der Waals surface area (Å²) in [6.45, 7) is 8.06. The molecule has 0 radical (unpaired) electrons.